The second kappa shape index (κ2) is 3.95. The van der Waals surface area contributed by atoms with Crippen LogP contribution in [-0.4, -0.2) is 26.0 Å². The number of carbonyl (C=O) groups excluding carboxylic acids is 1. The van der Waals surface area contributed by atoms with Gasteiger partial charge in [-0.25, -0.2) is 0 Å². The standard InChI is InChI=1S/C14H9NOSe/c16-13-11-8-4-5-9-12(11)14(17)15(13)10-6-2-1-3-7-10/h1-9H. The van der Waals surface area contributed by atoms with Crippen molar-refractivity contribution in [1.29, 1.82) is 0 Å². The molecule has 0 aliphatic carbocycles. The van der Waals surface area contributed by atoms with Crippen molar-refractivity contribution in [3.05, 3.63) is 65.7 Å². The summed E-state index contributed by atoms with van der Waals surface area (Å²) in [5.41, 5.74) is 2.62. The zero-order chi connectivity index (χ0) is 11.8. The first kappa shape index (κ1) is 10.5. The van der Waals surface area contributed by atoms with E-state index in [-0.39, 0.29) is 5.91 Å². The molecule has 3 heteroatoms. The number of nitrogens with zero attached hydrogens (tertiary/aromatic N) is 1. The van der Waals surface area contributed by atoms with E-state index in [9.17, 15) is 4.79 Å². The molecule has 0 radical (unpaired) electrons. The van der Waals surface area contributed by atoms with Crippen LogP contribution in [0.3, 0.4) is 0 Å². The van der Waals surface area contributed by atoms with Gasteiger partial charge < -0.3 is 0 Å². The van der Waals surface area contributed by atoms with Crippen molar-refractivity contribution >= 4 is 31.7 Å². The third-order valence-electron chi connectivity index (χ3n) is 2.81. The maximum atomic E-state index is 12.3. The third kappa shape index (κ3) is 1.55. The van der Waals surface area contributed by atoms with Gasteiger partial charge in [0.25, 0.3) is 0 Å². The van der Waals surface area contributed by atoms with E-state index in [0.717, 1.165) is 21.4 Å². The molecule has 2 aromatic carbocycles. The molecule has 2 aromatic rings. The summed E-state index contributed by atoms with van der Waals surface area (Å²) in [5.74, 6) is 0.0283. The van der Waals surface area contributed by atoms with Crippen molar-refractivity contribution in [2.75, 3.05) is 4.90 Å². The van der Waals surface area contributed by atoms with Gasteiger partial charge in [0.2, 0.25) is 0 Å². The van der Waals surface area contributed by atoms with Crippen LogP contribution in [0.2, 0.25) is 0 Å². The number of carbonyl (C=O) groups is 1. The first-order chi connectivity index (χ1) is 8.29. The van der Waals surface area contributed by atoms with Gasteiger partial charge >= 0.3 is 107 Å². The van der Waals surface area contributed by atoms with E-state index in [4.69, 9.17) is 0 Å². The molecule has 0 spiro atoms. The molecule has 17 heavy (non-hydrogen) atoms. The van der Waals surface area contributed by atoms with Crippen LogP contribution in [0, 0.1) is 0 Å². The zero-order valence-corrected chi connectivity index (χ0v) is 10.7. The Kier molecular flexibility index (Phi) is 2.43. The van der Waals surface area contributed by atoms with Crippen molar-refractivity contribution in [1.82, 2.24) is 0 Å². The molecule has 1 aliphatic heterocycles. The second-order valence-corrected chi connectivity index (χ2v) is 4.64. The summed E-state index contributed by atoms with van der Waals surface area (Å²) in [7, 11) is 0. The van der Waals surface area contributed by atoms with Crippen LogP contribution in [0.5, 0.6) is 0 Å². The minimum absolute atomic E-state index is 0.0283. The fraction of sp³-hybridized carbons (Fsp3) is 0. The topological polar surface area (TPSA) is 20.3 Å². The van der Waals surface area contributed by atoms with E-state index in [2.05, 4.69) is 15.6 Å². The molecule has 1 heterocycles. The van der Waals surface area contributed by atoms with Gasteiger partial charge in [0.15, 0.2) is 0 Å². The number of benzene rings is 2. The molecular formula is C14H9NOSe. The van der Waals surface area contributed by atoms with Crippen LogP contribution < -0.4 is 4.90 Å². The number of hydrogen-bond acceptors (Lipinski definition) is 1. The van der Waals surface area contributed by atoms with Crippen molar-refractivity contribution in [2.45, 2.75) is 0 Å². The molecule has 82 valence electrons. The average Bonchev–Trinajstić information content (AvgIpc) is 2.64. The molecule has 0 saturated heterocycles. The normalized spacial score (nSPS) is 14.0. The minimum atomic E-state index is 0.0283. The fourth-order valence-corrected chi connectivity index (χ4v) is 2.77. The second-order valence-electron chi connectivity index (χ2n) is 3.83. The van der Waals surface area contributed by atoms with Crippen LogP contribution >= 0.6 is 0 Å². The number of hydrogen-bond donors (Lipinski definition) is 0. The predicted octanol–water partition coefficient (Wildman–Crippen LogP) is 1.99. The van der Waals surface area contributed by atoms with E-state index in [1.807, 2.05) is 54.6 Å². The van der Waals surface area contributed by atoms with Gasteiger partial charge in [0.1, 0.15) is 0 Å². The van der Waals surface area contributed by atoms with Gasteiger partial charge in [-0.15, -0.1) is 0 Å². The van der Waals surface area contributed by atoms with Gasteiger partial charge in [0, 0.05) is 0 Å². The number of amides is 1. The quantitative estimate of drug-likeness (QED) is 0.734. The Morgan fingerprint density at radius 2 is 1.41 bits per heavy atom. The van der Waals surface area contributed by atoms with Crippen LogP contribution in [-0.2, 0) is 0 Å². The zero-order valence-electron chi connectivity index (χ0n) is 8.96. The van der Waals surface area contributed by atoms with Gasteiger partial charge in [-0.3, -0.25) is 0 Å². The first-order valence-electron chi connectivity index (χ1n) is 5.32. The van der Waals surface area contributed by atoms with E-state index < -0.39 is 0 Å². The van der Waals surface area contributed by atoms with E-state index in [0.29, 0.717) is 0 Å². The van der Waals surface area contributed by atoms with Gasteiger partial charge in [0.05, 0.1) is 0 Å². The molecule has 0 unspecified atom stereocenters. The third-order valence-corrected chi connectivity index (χ3v) is 3.65. The summed E-state index contributed by atoms with van der Waals surface area (Å²) < 4.78 is 0.872. The molecule has 0 bridgehead atoms. The van der Waals surface area contributed by atoms with E-state index in [1.54, 1.807) is 4.90 Å². The first-order valence-corrected chi connectivity index (χ1v) is 6.17. The number of para-hydroxylation sites is 1. The SMILES string of the molecule is O=C1c2ccccc2C(=[Se])N1c1ccccc1. The van der Waals surface area contributed by atoms with Gasteiger partial charge in [-0.1, -0.05) is 0 Å². The average molecular weight is 286 g/mol. The van der Waals surface area contributed by atoms with Crippen LogP contribution in [0.15, 0.2) is 54.6 Å². The molecular weight excluding hydrogens is 277 g/mol. The summed E-state index contributed by atoms with van der Waals surface area (Å²) in [6, 6.07) is 17.3. The molecule has 0 saturated carbocycles. The molecule has 1 amide bonds. The van der Waals surface area contributed by atoms with Crippen molar-refractivity contribution in [3.8, 4) is 0 Å². The summed E-state index contributed by atoms with van der Waals surface area (Å²) >= 11 is 3.00. The molecule has 0 atom stereocenters. The molecule has 1 aliphatic rings. The molecule has 0 N–H and O–H groups in total. The maximum absolute atomic E-state index is 12.3. The Morgan fingerprint density at radius 3 is 2.06 bits per heavy atom. The number of rotatable bonds is 1. The fourth-order valence-electron chi connectivity index (χ4n) is 2.00. The number of anilines is 1. The van der Waals surface area contributed by atoms with E-state index >= 15 is 0 Å². The predicted molar refractivity (Wildman–Crippen MR) is 69.6 cm³/mol. The number of fused-ring (bicyclic) bond motifs is 1. The van der Waals surface area contributed by atoms with Gasteiger partial charge in [-0.2, -0.15) is 0 Å². The summed E-state index contributed by atoms with van der Waals surface area (Å²) in [5, 5.41) is 0. The Balaban J connectivity index is 2.13. The van der Waals surface area contributed by atoms with E-state index in [1.165, 1.54) is 0 Å². The Labute approximate surface area is 107 Å². The Hall–Kier alpha value is -1.70. The monoisotopic (exact) mass is 287 g/mol. The van der Waals surface area contributed by atoms with Crippen LogP contribution in [0.4, 0.5) is 5.69 Å². The Bertz CT molecular complexity index is 572. The molecule has 0 fully saturated rings. The Morgan fingerprint density at radius 1 is 0.824 bits per heavy atom. The molecule has 3 rings (SSSR count). The summed E-state index contributed by atoms with van der Waals surface area (Å²) in [6.45, 7) is 0. The summed E-state index contributed by atoms with van der Waals surface area (Å²) in [6.07, 6.45) is 0. The molecule has 2 nitrogen and oxygen atoms in total. The van der Waals surface area contributed by atoms with Crippen molar-refractivity contribution in [2.24, 2.45) is 0 Å². The van der Waals surface area contributed by atoms with Crippen molar-refractivity contribution in [3.63, 3.8) is 0 Å². The summed E-state index contributed by atoms with van der Waals surface area (Å²) in [4.78, 5) is 14.0. The molecule has 0 aromatic heterocycles. The van der Waals surface area contributed by atoms with Crippen LogP contribution in [0.25, 0.3) is 0 Å². The van der Waals surface area contributed by atoms with Crippen molar-refractivity contribution < 1.29 is 4.79 Å². The van der Waals surface area contributed by atoms with Gasteiger partial charge in [-0.05, 0) is 0 Å². The van der Waals surface area contributed by atoms with Crippen LogP contribution in [0.1, 0.15) is 15.9 Å².